The Labute approximate surface area is 112 Å². The lowest BCUT2D eigenvalue weighted by Crippen LogP contribution is -1.75. The second kappa shape index (κ2) is 5.36. The van der Waals surface area contributed by atoms with Crippen molar-refractivity contribution in [2.45, 2.75) is 0 Å². The van der Waals surface area contributed by atoms with Crippen LogP contribution >= 0.6 is 0 Å². The standard InChI is InChI=1S/C17H14N2/c1-3-7-14(8-4-1)11-12-16-13-17(19-18-16)15-9-5-2-6-10-15/h1-13H,(H,18,19). The molecule has 1 N–H and O–H groups in total. The van der Waals surface area contributed by atoms with Crippen molar-refractivity contribution < 1.29 is 0 Å². The van der Waals surface area contributed by atoms with E-state index in [0.29, 0.717) is 0 Å². The summed E-state index contributed by atoms with van der Waals surface area (Å²) in [4.78, 5) is 0. The third-order valence-corrected chi connectivity index (χ3v) is 2.92. The molecular formula is C17H14N2. The molecule has 0 radical (unpaired) electrons. The molecular weight excluding hydrogens is 232 g/mol. The highest BCUT2D eigenvalue weighted by molar-refractivity contribution is 5.70. The summed E-state index contributed by atoms with van der Waals surface area (Å²) >= 11 is 0. The van der Waals surface area contributed by atoms with Crippen molar-refractivity contribution in [3.05, 3.63) is 78.0 Å². The van der Waals surface area contributed by atoms with E-state index in [-0.39, 0.29) is 0 Å². The Morgan fingerprint density at radius 1 is 0.789 bits per heavy atom. The molecule has 2 aromatic carbocycles. The molecule has 92 valence electrons. The van der Waals surface area contributed by atoms with Crippen LogP contribution in [0.25, 0.3) is 23.4 Å². The molecule has 0 aliphatic rings. The van der Waals surface area contributed by atoms with Gasteiger partial charge in [0.15, 0.2) is 0 Å². The molecule has 0 aliphatic heterocycles. The smallest absolute Gasteiger partial charge is 0.0926 e. The van der Waals surface area contributed by atoms with Gasteiger partial charge in [-0.3, -0.25) is 5.10 Å². The van der Waals surface area contributed by atoms with Crippen LogP contribution < -0.4 is 0 Å². The number of nitrogens with zero attached hydrogens (tertiary/aromatic N) is 1. The Morgan fingerprint density at radius 3 is 2.21 bits per heavy atom. The van der Waals surface area contributed by atoms with Crippen LogP contribution in [-0.2, 0) is 0 Å². The average Bonchev–Trinajstić information content (AvgIpc) is 2.96. The molecule has 3 aromatic rings. The Balaban J connectivity index is 1.81. The maximum Gasteiger partial charge on any atom is 0.0926 e. The van der Waals surface area contributed by atoms with Gasteiger partial charge in [-0.25, -0.2) is 0 Å². The lowest BCUT2D eigenvalue weighted by Gasteiger charge is -1.92. The van der Waals surface area contributed by atoms with E-state index in [1.165, 1.54) is 5.56 Å². The maximum atomic E-state index is 4.32. The summed E-state index contributed by atoms with van der Waals surface area (Å²) in [5.41, 5.74) is 4.27. The molecule has 2 nitrogen and oxygen atoms in total. The van der Waals surface area contributed by atoms with Crippen molar-refractivity contribution in [3.63, 3.8) is 0 Å². The van der Waals surface area contributed by atoms with Crippen LogP contribution in [-0.4, -0.2) is 10.2 Å². The van der Waals surface area contributed by atoms with E-state index in [1.54, 1.807) is 0 Å². The van der Waals surface area contributed by atoms with Crippen LogP contribution in [0.1, 0.15) is 11.3 Å². The van der Waals surface area contributed by atoms with Gasteiger partial charge in [0.25, 0.3) is 0 Å². The number of nitrogens with one attached hydrogen (secondary N) is 1. The Kier molecular flexibility index (Phi) is 3.24. The van der Waals surface area contributed by atoms with Crippen molar-refractivity contribution in [3.8, 4) is 11.3 Å². The second-order valence-electron chi connectivity index (χ2n) is 4.32. The summed E-state index contributed by atoms with van der Waals surface area (Å²) < 4.78 is 0. The first-order valence-corrected chi connectivity index (χ1v) is 6.26. The highest BCUT2D eigenvalue weighted by Crippen LogP contribution is 2.17. The SMILES string of the molecule is C(=Cc1cc(-c2ccccc2)n[nH]1)c1ccccc1. The number of aromatic amines is 1. The fourth-order valence-electron chi connectivity index (χ4n) is 1.93. The molecule has 0 saturated heterocycles. The summed E-state index contributed by atoms with van der Waals surface area (Å²) in [6.07, 6.45) is 4.11. The average molecular weight is 246 g/mol. The van der Waals surface area contributed by atoms with Crippen LogP contribution in [0.2, 0.25) is 0 Å². The third kappa shape index (κ3) is 2.80. The van der Waals surface area contributed by atoms with Crippen LogP contribution in [0.3, 0.4) is 0 Å². The molecule has 0 unspecified atom stereocenters. The zero-order valence-corrected chi connectivity index (χ0v) is 10.5. The third-order valence-electron chi connectivity index (χ3n) is 2.92. The fraction of sp³-hybridized carbons (Fsp3) is 0. The van der Waals surface area contributed by atoms with Gasteiger partial charge in [0.05, 0.1) is 11.4 Å². The maximum absolute atomic E-state index is 4.32. The molecule has 0 spiro atoms. The molecule has 19 heavy (non-hydrogen) atoms. The molecule has 0 atom stereocenters. The molecule has 0 bridgehead atoms. The number of hydrogen-bond acceptors (Lipinski definition) is 1. The van der Waals surface area contributed by atoms with E-state index in [4.69, 9.17) is 0 Å². The summed E-state index contributed by atoms with van der Waals surface area (Å²) in [5.74, 6) is 0. The van der Waals surface area contributed by atoms with Gasteiger partial charge in [-0.2, -0.15) is 5.10 Å². The van der Waals surface area contributed by atoms with Crippen molar-refractivity contribution >= 4 is 12.2 Å². The van der Waals surface area contributed by atoms with Gasteiger partial charge in [-0.05, 0) is 17.7 Å². The number of benzene rings is 2. The number of aromatic nitrogens is 2. The Morgan fingerprint density at radius 2 is 1.47 bits per heavy atom. The van der Waals surface area contributed by atoms with E-state index in [2.05, 4.69) is 46.6 Å². The summed E-state index contributed by atoms with van der Waals surface area (Å²) in [6.45, 7) is 0. The first-order chi connectivity index (χ1) is 9.42. The summed E-state index contributed by atoms with van der Waals surface area (Å²) in [5, 5.41) is 7.36. The van der Waals surface area contributed by atoms with Crippen molar-refractivity contribution in [2.75, 3.05) is 0 Å². The van der Waals surface area contributed by atoms with Crippen LogP contribution in [0.4, 0.5) is 0 Å². The normalized spacial score (nSPS) is 10.9. The van der Waals surface area contributed by atoms with Crippen molar-refractivity contribution in [1.82, 2.24) is 10.2 Å². The van der Waals surface area contributed by atoms with Crippen molar-refractivity contribution in [1.29, 1.82) is 0 Å². The van der Waals surface area contributed by atoms with Crippen LogP contribution in [0, 0.1) is 0 Å². The largest absolute Gasteiger partial charge is 0.278 e. The quantitative estimate of drug-likeness (QED) is 0.735. The van der Waals surface area contributed by atoms with Crippen LogP contribution in [0.15, 0.2) is 66.7 Å². The molecule has 0 aliphatic carbocycles. The molecule has 3 rings (SSSR count). The minimum absolute atomic E-state index is 0.966. The second-order valence-corrected chi connectivity index (χ2v) is 4.32. The van der Waals surface area contributed by atoms with Gasteiger partial charge in [-0.15, -0.1) is 0 Å². The monoisotopic (exact) mass is 246 g/mol. The van der Waals surface area contributed by atoms with E-state index >= 15 is 0 Å². The van der Waals surface area contributed by atoms with Crippen molar-refractivity contribution in [2.24, 2.45) is 0 Å². The zero-order chi connectivity index (χ0) is 12.9. The molecule has 0 fully saturated rings. The predicted molar refractivity (Wildman–Crippen MR) is 79.4 cm³/mol. The number of hydrogen-bond donors (Lipinski definition) is 1. The van der Waals surface area contributed by atoms with Gasteiger partial charge in [0.1, 0.15) is 0 Å². The predicted octanol–water partition coefficient (Wildman–Crippen LogP) is 4.25. The number of rotatable bonds is 3. The van der Waals surface area contributed by atoms with E-state index in [9.17, 15) is 0 Å². The molecule has 1 aromatic heterocycles. The van der Waals surface area contributed by atoms with E-state index in [1.807, 2.05) is 42.5 Å². The Bertz CT molecular complexity index is 667. The minimum Gasteiger partial charge on any atom is -0.278 e. The highest BCUT2D eigenvalue weighted by Gasteiger charge is 2.00. The minimum atomic E-state index is 0.966. The number of H-pyrrole nitrogens is 1. The molecule has 1 heterocycles. The fourth-order valence-corrected chi connectivity index (χ4v) is 1.93. The van der Waals surface area contributed by atoms with Gasteiger partial charge in [-0.1, -0.05) is 66.7 Å². The molecule has 0 saturated carbocycles. The van der Waals surface area contributed by atoms with Gasteiger partial charge in [0, 0.05) is 5.56 Å². The lowest BCUT2D eigenvalue weighted by molar-refractivity contribution is 1.08. The Hall–Kier alpha value is -2.61. The summed E-state index contributed by atoms with van der Waals surface area (Å²) in [6, 6.07) is 22.4. The van der Waals surface area contributed by atoms with Crippen LogP contribution in [0.5, 0.6) is 0 Å². The van der Waals surface area contributed by atoms with Gasteiger partial charge >= 0.3 is 0 Å². The van der Waals surface area contributed by atoms with E-state index in [0.717, 1.165) is 17.0 Å². The zero-order valence-electron chi connectivity index (χ0n) is 10.5. The highest BCUT2D eigenvalue weighted by atomic mass is 15.1. The topological polar surface area (TPSA) is 28.7 Å². The first-order valence-electron chi connectivity index (χ1n) is 6.26. The first kappa shape index (κ1) is 11.5. The summed E-state index contributed by atoms with van der Waals surface area (Å²) in [7, 11) is 0. The van der Waals surface area contributed by atoms with E-state index < -0.39 is 0 Å². The van der Waals surface area contributed by atoms with Gasteiger partial charge in [0.2, 0.25) is 0 Å². The molecule has 2 heteroatoms. The van der Waals surface area contributed by atoms with Gasteiger partial charge < -0.3 is 0 Å². The molecule has 0 amide bonds. The lowest BCUT2D eigenvalue weighted by atomic mass is 10.1.